The van der Waals surface area contributed by atoms with Gasteiger partial charge in [-0.15, -0.1) is 26.3 Å². The maximum atomic E-state index is 9.74. The van der Waals surface area contributed by atoms with Gasteiger partial charge in [0.2, 0.25) is 0 Å². The fourth-order valence-corrected chi connectivity index (χ4v) is 0.118. The first-order chi connectivity index (χ1) is 7.62. The third-order valence-corrected chi connectivity index (χ3v) is 1.27. The molecule has 2 unspecified atom stereocenters. The van der Waals surface area contributed by atoms with Gasteiger partial charge in [-0.3, -0.25) is 0 Å². The van der Waals surface area contributed by atoms with Gasteiger partial charge in [0.05, 0.1) is 0 Å². The Kier molecular flexibility index (Phi) is 48.9. The number of hydrogen-bond acceptors (Lipinski definition) is 2. The van der Waals surface area contributed by atoms with Gasteiger partial charge in [0.15, 0.2) is 0 Å². The zero-order valence-corrected chi connectivity index (χ0v) is 12.6. The first-order valence-corrected chi connectivity index (χ1v) is 6.89. The van der Waals surface area contributed by atoms with Gasteiger partial charge in [0.1, 0.15) is 0 Å². The Hall–Kier alpha value is 1.46. The van der Waals surface area contributed by atoms with Gasteiger partial charge in [0.25, 0.3) is 0 Å². The van der Waals surface area contributed by atoms with Crippen molar-refractivity contribution in [3.05, 3.63) is 11.5 Å². The molecule has 0 amide bonds. The van der Waals surface area contributed by atoms with Crippen LogP contribution in [0.15, 0.2) is 0 Å². The summed E-state index contributed by atoms with van der Waals surface area (Å²) in [5.41, 5.74) is 13.2. The van der Waals surface area contributed by atoms with Crippen molar-refractivity contribution in [2.24, 2.45) is 11.8 Å². The Morgan fingerprint density at radius 1 is 0.875 bits per heavy atom. The van der Waals surface area contributed by atoms with E-state index in [0.29, 0.717) is 0 Å². The molecule has 4 nitrogen and oxygen atoms in total. The molecule has 0 spiro atoms. The summed E-state index contributed by atoms with van der Waals surface area (Å²) in [6.45, 7) is 3.88. The second kappa shape index (κ2) is 30.0. The molecule has 0 rings (SSSR count). The molecule has 0 aromatic heterocycles. The van der Waals surface area contributed by atoms with Crippen LogP contribution >= 0.6 is 20.2 Å². The fraction of sp³-hybridized carbons (Fsp3) is 1.00. The van der Waals surface area contributed by atoms with E-state index in [1.165, 1.54) is 0 Å². The van der Waals surface area contributed by atoms with E-state index in [-0.39, 0.29) is 38.1 Å². The summed E-state index contributed by atoms with van der Waals surface area (Å²) < 4.78 is 0. The molecular weight excluding hydrogens is 354 g/mol. The monoisotopic (exact) mass is 370 g/mol. The van der Waals surface area contributed by atoms with E-state index >= 15 is 0 Å². The normalized spacial score (nSPS) is 11.8. The number of halogens is 2. The topological polar surface area (TPSA) is 93.7 Å². The van der Waals surface area contributed by atoms with E-state index in [0.717, 1.165) is 0 Å². The molecule has 0 fully saturated rings. The molecule has 0 saturated heterocycles. The van der Waals surface area contributed by atoms with Gasteiger partial charge in [-0.05, 0) is 0 Å². The van der Waals surface area contributed by atoms with E-state index in [4.69, 9.17) is 11.5 Å². The summed E-state index contributed by atoms with van der Waals surface area (Å²) in [6.07, 6.45) is 0. The predicted octanol–water partition coefficient (Wildman–Crippen LogP) is 1.44. The SMILES string of the molecule is CC(C[NH-])C[O-].CC(C[NH-])C[O-].[Cl][Cu+].[Cl][Cu+]. The molecule has 110 valence electrons. The van der Waals surface area contributed by atoms with E-state index in [1.54, 1.807) is 13.8 Å². The molecule has 2 N–H and O–H groups in total. The Morgan fingerprint density at radius 3 is 1.06 bits per heavy atom. The Balaban J connectivity index is -0.0000000686. The summed E-state index contributed by atoms with van der Waals surface area (Å²) in [6, 6.07) is 0. The zero-order chi connectivity index (χ0) is 14.0. The van der Waals surface area contributed by atoms with Crippen LogP contribution in [-0.2, 0) is 30.2 Å². The van der Waals surface area contributed by atoms with E-state index < -0.39 is 0 Å². The molecule has 0 heterocycles. The number of nitrogens with one attached hydrogen (secondary N) is 2. The molecule has 0 aliphatic carbocycles. The second-order valence-electron chi connectivity index (χ2n) is 2.95. The summed E-state index contributed by atoms with van der Waals surface area (Å²) in [5.74, 6) is 0.0926. The number of hydrogen-bond donors (Lipinski definition) is 0. The fourth-order valence-electron chi connectivity index (χ4n) is 0.118. The summed E-state index contributed by atoms with van der Waals surface area (Å²) >= 11 is 7.32. The van der Waals surface area contributed by atoms with E-state index in [9.17, 15) is 10.2 Å². The van der Waals surface area contributed by atoms with Gasteiger partial charge in [-0.25, -0.2) is 0 Å². The van der Waals surface area contributed by atoms with Crippen LogP contribution < -0.4 is 10.2 Å². The number of rotatable bonds is 4. The summed E-state index contributed by atoms with van der Waals surface area (Å²) in [5, 5.41) is 19.5. The van der Waals surface area contributed by atoms with Crippen LogP contribution in [0.3, 0.4) is 0 Å². The van der Waals surface area contributed by atoms with Gasteiger partial charge in [0, 0.05) is 0 Å². The summed E-state index contributed by atoms with van der Waals surface area (Å²) in [7, 11) is 8.40. The molecule has 0 aliphatic rings. The quantitative estimate of drug-likeness (QED) is 0.699. The molecular formula is C8H18Cl2Cu2N2O2-2. The Morgan fingerprint density at radius 2 is 1.06 bits per heavy atom. The van der Waals surface area contributed by atoms with Crippen molar-refractivity contribution >= 4 is 20.2 Å². The third-order valence-electron chi connectivity index (χ3n) is 1.27. The average Bonchev–Trinajstić information content (AvgIpc) is 2.41. The van der Waals surface area contributed by atoms with Crippen molar-refractivity contribution in [1.82, 2.24) is 0 Å². The van der Waals surface area contributed by atoms with Crippen LogP contribution in [0, 0.1) is 11.8 Å². The minimum absolute atomic E-state index is 0.0463. The van der Waals surface area contributed by atoms with Crippen LogP contribution in [0.2, 0.25) is 0 Å². The molecule has 0 aliphatic heterocycles. The molecule has 2 atom stereocenters. The van der Waals surface area contributed by atoms with Crippen LogP contribution in [0.4, 0.5) is 0 Å². The van der Waals surface area contributed by atoms with Crippen LogP contribution in [-0.4, -0.2) is 26.3 Å². The third kappa shape index (κ3) is 36.1. The molecule has 0 aromatic carbocycles. The van der Waals surface area contributed by atoms with Crippen molar-refractivity contribution in [3.8, 4) is 0 Å². The van der Waals surface area contributed by atoms with Crippen LogP contribution in [0.1, 0.15) is 13.8 Å². The van der Waals surface area contributed by atoms with Gasteiger partial charge < -0.3 is 21.7 Å². The van der Waals surface area contributed by atoms with Crippen molar-refractivity contribution in [1.29, 1.82) is 0 Å². The van der Waals surface area contributed by atoms with Gasteiger partial charge in [-0.2, -0.15) is 0 Å². The molecule has 8 heteroatoms. The molecule has 0 bridgehead atoms. The second-order valence-corrected chi connectivity index (χ2v) is 2.95. The Bertz CT molecular complexity index is 80.4. The molecule has 0 saturated carbocycles. The minimum atomic E-state index is -0.108. The summed E-state index contributed by atoms with van der Waals surface area (Å²) in [4.78, 5) is 0. The van der Waals surface area contributed by atoms with Crippen molar-refractivity contribution in [2.75, 3.05) is 26.3 Å². The van der Waals surface area contributed by atoms with E-state index in [2.05, 4.69) is 50.4 Å². The maximum absolute atomic E-state index is 9.74. The average molecular weight is 372 g/mol. The van der Waals surface area contributed by atoms with Crippen molar-refractivity contribution in [2.45, 2.75) is 13.8 Å². The van der Waals surface area contributed by atoms with Crippen LogP contribution in [0.5, 0.6) is 0 Å². The molecule has 16 heavy (non-hydrogen) atoms. The first-order valence-electron chi connectivity index (χ1n) is 4.30. The van der Waals surface area contributed by atoms with Crippen LogP contribution in [0.25, 0.3) is 11.5 Å². The standard InChI is InChI=1S/2C4H9NO.2ClH.2Cu/c2*1-4(2-5)3-6;;;;/h2*4-5H,2-3H2,1H3;2*1H;;/q2*-2;;;2*+2/p-2. The molecule has 0 radical (unpaired) electrons. The van der Waals surface area contributed by atoms with E-state index in [1.807, 2.05) is 0 Å². The van der Waals surface area contributed by atoms with Crippen molar-refractivity contribution in [3.63, 3.8) is 0 Å². The predicted molar refractivity (Wildman–Crippen MR) is 58.1 cm³/mol. The van der Waals surface area contributed by atoms with Gasteiger partial charge >= 0.3 is 50.4 Å². The first kappa shape index (κ1) is 26.1. The van der Waals surface area contributed by atoms with Gasteiger partial charge in [-0.1, -0.05) is 25.7 Å². The van der Waals surface area contributed by atoms with Crippen molar-refractivity contribution < 1.29 is 40.4 Å². The zero-order valence-electron chi connectivity index (χ0n) is 9.16. The Labute approximate surface area is 124 Å². The molecule has 0 aromatic rings.